The molecule has 2 heterocycles. The van der Waals surface area contributed by atoms with Gasteiger partial charge in [0.05, 0.1) is 6.07 Å². The quantitative estimate of drug-likeness (QED) is 0.695. The van der Waals surface area contributed by atoms with Crippen LogP contribution < -0.4 is 0 Å². The van der Waals surface area contributed by atoms with E-state index in [2.05, 4.69) is 17.9 Å². The molecule has 5 heteroatoms. The van der Waals surface area contributed by atoms with Crippen molar-refractivity contribution in [2.45, 2.75) is 25.3 Å². The highest BCUT2D eigenvalue weighted by molar-refractivity contribution is 5.65. The summed E-state index contributed by atoms with van der Waals surface area (Å²) >= 11 is 0. The van der Waals surface area contributed by atoms with E-state index in [4.69, 9.17) is 10.4 Å². The second-order valence-electron chi connectivity index (χ2n) is 5.05. The number of piperidine rings is 1. The number of carbonyl (C=O) groups is 1. The highest BCUT2D eigenvalue weighted by Crippen LogP contribution is 2.33. The lowest BCUT2D eigenvalue weighted by Crippen LogP contribution is -2.59. The molecule has 0 radical (unpaired) electrons. The van der Waals surface area contributed by atoms with Crippen molar-refractivity contribution in [3.63, 3.8) is 0 Å². The Morgan fingerprint density at radius 2 is 2.06 bits per heavy atom. The number of likely N-dealkylation sites (tertiary alicyclic amines) is 2. The minimum absolute atomic E-state index is 0.0960. The zero-order valence-corrected chi connectivity index (χ0v) is 10.0. The van der Waals surface area contributed by atoms with Crippen molar-refractivity contribution in [3.05, 3.63) is 11.6 Å². The summed E-state index contributed by atoms with van der Waals surface area (Å²) in [5.74, 6) is 0. The van der Waals surface area contributed by atoms with Crippen LogP contribution in [0.15, 0.2) is 11.6 Å². The van der Waals surface area contributed by atoms with E-state index in [1.54, 1.807) is 6.08 Å². The first-order chi connectivity index (χ1) is 8.05. The van der Waals surface area contributed by atoms with Gasteiger partial charge in [-0.2, -0.15) is 5.26 Å². The van der Waals surface area contributed by atoms with E-state index < -0.39 is 6.09 Å². The minimum Gasteiger partial charge on any atom is -0.465 e. The zero-order valence-electron chi connectivity index (χ0n) is 10.0. The molecule has 1 amide bonds. The molecular weight excluding hydrogens is 218 g/mol. The van der Waals surface area contributed by atoms with Crippen LogP contribution in [-0.2, 0) is 0 Å². The third-order valence-electron chi connectivity index (χ3n) is 3.93. The van der Waals surface area contributed by atoms with Gasteiger partial charge < -0.3 is 10.0 Å². The summed E-state index contributed by atoms with van der Waals surface area (Å²) in [4.78, 5) is 14.6. The Morgan fingerprint density at radius 1 is 1.47 bits per heavy atom. The standard InChI is InChI=1S/C12H17N3O2/c1-12(15-8-10(9-15)2-5-13)3-6-14(7-4-12)11(16)17/h2H,3-4,6-9H2,1H3,(H,16,17). The van der Waals surface area contributed by atoms with Gasteiger partial charge in [0.2, 0.25) is 0 Å². The van der Waals surface area contributed by atoms with E-state index in [-0.39, 0.29) is 5.54 Å². The second-order valence-corrected chi connectivity index (χ2v) is 5.05. The highest BCUT2D eigenvalue weighted by Gasteiger charge is 2.40. The lowest BCUT2D eigenvalue weighted by Gasteiger charge is -2.51. The van der Waals surface area contributed by atoms with Crippen LogP contribution in [0.2, 0.25) is 0 Å². The first kappa shape index (κ1) is 11.9. The fraction of sp³-hybridized carbons (Fsp3) is 0.667. The van der Waals surface area contributed by atoms with Crippen LogP contribution in [0.4, 0.5) is 4.79 Å². The number of nitrogens with zero attached hydrogens (tertiary/aromatic N) is 3. The van der Waals surface area contributed by atoms with Gasteiger partial charge in [-0.25, -0.2) is 4.79 Å². The SMILES string of the molecule is CC1(N2CC(=CC#N)C2)CCN(C(=O)O)CC1. The summed E-state index contributed by atoms with van der Waals surface area (Å²) in [6.45, 7) is 5.13. The molecule has 2 aliphatic heterocycles. The normalized spacial score (nSPS) is 23.8. The molecule has 1 N–H and O–H groups in total. The summed E-state index contributed by atoms with van der Waals surface area (Å²) in [5, 5.41) is 17.4. The maximum atomic E-state index is 10.8. The smallest absolute Gasteiger partial charge is 0.407 e. The van der Waals surface area contributed by atoms with E-state index in [9.17, 15) is 4.79 Å². The number of carboxylic acid groups (broad SMARTS) is 1. The van der Waals surface area contributed by atoms with E-state index in [1.807, 2.05) is 0 Å². The Labute approximate surface area is 101 Å². The van der Waals surface area contributed by atoms with Crippen molar-refractivity contribution in [1.82, 2.24) is 9.80 Å². The fourth-order valence-electron chi connectivity index (χ4n) is 2.50. The van der Waals surface area contributed by atoms with Gasteiger partial charge in [0.1, 0.15) is 0 Å². The first-order valence-electron chi connectivity index (χ1n) is 5.86. The molecule has 0 aromatic carbocycles. The molecule has 0 spiro atoms. The fourth-order valence-corrected chi connectivity index (χ4v) is 2.50. The van der Waals surface area contributed by atoms with Crippen molar-refractivity contribution in [2.75, 3.05) is 26.2 Å². The second kappa shape index (κ2) is 4.38. The van der Waals surface area contributed by atoms with Gasteiger partial charge in [-0.15, -0.1) is 0 Å². The third kappa shape index (κ3) is 2.27. The predicted molar refractivity (Wildman–Crippen MR) is 62.5 cm³/mol. The lowest BCUT2D eigenvalue weighted by molar-refractivity contribution is 0.0233. The molecule has 2 rings (SSSR count). The number of hydrogen-bond acceptors (Lipinski definition) is 3. The Morgan fingerprint density at radius 3 is 2.53 bits per heavy atom. The molecule has 0 unspecified atom stereocenters. The maximum Gasteiger partial charge on any atom is 0.407 e. The number of rotatable bonds is 1. The molecular formula is C12H17N3O2. The zero-order chi connectivity index (χ0) is 12.5. The van der Waals surface area contributed by atoms with Crippen molar-refractivity contribution in [3.8, 4) is 6.07 Å². The Bertz CT molecular complexity index is 381. The van der Waals surface area contributed by atoms with E-state index >= 15 is 0 Å². The summed E-state index contributed by atoms with van der Waals surface area (Å²) in [7, 11) is 0. The third-order valence-corrected chi connectivity index (χ3v) is 3.93. The van der Waals surface area contributed by atoms with Crippen LogP contribution in [0.5, 0.6) is 0 Å². The van der Waals surface area contributed by atoms with Gasteiger partial charge in [-0.3, -0.25) is 4.90 Å². The van der Waals surface area contributed by atoms with Crippen LogP contribution in [0.1, 0.15) is 19.8 Å². The average Bonchev–Trinajstić information content (AvgIpc) is 2.23. The molecule has 2 fully saturated rings. The van der Waals surface area contributed by atoms with Crippen LogP contribution in [-0.4, -0.2) is 52.7 Å². The van der Waals surface area contributed by atoms with Crippen LogP contribution in [0, 0.1) is 11.3 Å². The van der Waals surface area contributed by atoms with Crippen LogP contribution in [0.25, 0.3) is 0 Å². The summed E-state index contributed by atoms with van der Waals surface area (Å²) in [6, 6.07) is 2.05. The summed E-state index contributed by atoms with van der Waals surface area (Å²) < 4.78 is 0. The largest absolute Gasteiger partial charge is 0.465 e. The summed E-state index contributed by atoms with van der Waals surface area (Å²) in [6.07, 6.45) is 2.55. The minimum atomic E-state index is -0.819. The van der Waals surface area contributed by atoms with Gasteiger partial charge in [-0.1, -0.05) is 0 Å². The van der Waals surface area contributed by atoms with Gasteiger partial charge >= 0.3 is 6.09 Å². The van der Waals surface area contributed by atoms with Crippen molar-refractivity contribution < 1.29 is 9.90 Å². The molecule has 92 valence electrons. The Hall–Kier alpha value is -1.54. The topological polar surface area (TPSA) is 67.6 Å². The summed E-state index contributed by atoms with van der Waals surface area (Å²) in [5.41, 5.74) is 1.27. The number of allylic oxidation sites excluding steroid dienone is 1. The molecule has 0 aromatic heterocycles. The number of hydrogen-bond donors (Lipinski definition) is 1. The molecule has 0 aliphatic carbocycles. The molecule has 2 aliphatic rings. The van der Waals surface area contributed by atoms with Crippen molar-refractivity contribution in [1.29, 1.82) is 5.26 Å². The molecule has 0 bridgehead atoms. The van der Waals surface area contributed by atoms with Gasteiger partial charge in [0.25, 0.3) is 0 Å². The molecule has 5 nitrogen and oxygen atoms in total. The highest BCUT2D eigenvalue weighted by atomic mass is 16.4. The first-order valence-corrected chi connectivity index (χ1v) is 5.86. The molecule has 0 saturated carbocycles. The predicted octanol–water partition coefficient (Wildman–Crippen LogP) is 1.28. The Balaban J connectivity index is 1.89. The van der Waals surface area contributed by atoms with Gasteiger partial charge in [-0.05, 0) is 25.3 Å². The number of nitriles is 1. The van der Waals surface area contributed by atoms with E-state index in [0.29, 0.717) is 13.1 Å². The van der Waals surface area contributed by atoms with Gasteiger partial charge in [0.15, 0.2) is 0 Å². The van der Waals surface area contributed by atoms with Crippen molar-refractivity contribution >= 4 is 6.09 Å². The monoisotopic (exact) mass is 235 g/mol. The molecule has 17 heavy (non-hydrogen) atoms. The van der Waals surface area contributed by atoms with Crippen LogP contribution >= 0.6 is 0 Å². The Kier molecular flexibility index (Phi) is 3.07. The van der Waals surface area contributed by atoms with E-state index in [1.165, 1.54) is 10.5 Å². The van der Waals surface area contributed by atoms with Gasteiger partial charge in [0, 0.05) is 37.8 Å². The molecule has 0 aromatic rings. The molecule has 2 saturated heterocycles. The van der Waals surface area contributed by atoms with Crippen molar-refractivity contribution in [2.24, 2.45) is 0 Å². The molecule has 0 atom stereocenters. The lowest BCUT2D eigenvalue weighted by atomic mass is 9.84. The number of amides is 1. The van der Waals surface area contributed by atoms with E-state index in [0.717, 1.165) is 25.9 Å². The van der Waals surface area contributed by atoms with Crippen LogP contribution in [0.3, 0.4) is 0 Å². The average molecular weight is 235 g/mol. The maximum absolute atomic E-state index is 10.8.